The lowest BCUT2D eigenvalue weighted by Gasteiger charge is -2.21. The lowest BCUT2D eigenvalue weighted by molar-refractivity contribution is -0.121. The second-order valence-corrected chi connectivity index (χ2v) is 6.17. The molecule has 0 bridgehead atoms. The summed E-state index contributed by atoms with van der Waals surface area (Å²) in [6.07, 6.45) is 0.837. The fourth-order valence-corrected chi connectivity index (χ4v) is 1.83. The molecule has 0 saturated carbocycles. The molecule has 0 aromatic heterocycles. The van der Waals surface area contributed by atoms with Gasteiger partial charge in [-0.1, -0.05) is 18.2 Å². The van der Waals surface area contributed by atoms with Crippen LogP contribution in [0.5, 0.6) is 5.75 Å². The van der Waals surface area contributed by atoms with E-state index in [-0.39, 0.29) is 42.0 Å². The number of hydrogen-bond acceptors (Lipinski definition) is 3. The van der Waals surface area contributed by atoms with Crippen molar-refractivity contribution in [2.45, 2.75) is 32.7 Å². The SMILES string of the molecule is CN=C(NCCCOc1ccccc1)NCC(=O)NC(C)(C)C.I. The van der Waals surface area contributed by atoms with Crippen LogP contribution < -0.4 is 20.7 Å². The number of nitrogens with zero attached hydrogens (tertiary/aromatic N) is 1. The van der Waals surface area contributed by atoms with E-state index in [1.165, 1.54) is 0 Å². The smallest absolute Gasteiger partial charge is 0.239 e. The molecule has 1 aromatic rings. The van der Waals surface area contributed by atoms with E-state index in [1.807, 2.05) is 51.1 Å². The number of halogens is 1. The molecule has 24 heavy (non-hydrogen) atoms. The van der Waals surface area contributed by atoms with Gasteiger partial charge < -0.3 is 20.7 Å². The molecule has 3 N–H and O–H groups in total. The third kappa shape index (κ3) is 11.1. The zero-order valence-corrected chi connectivity index (χ0v) is 17.2. The van der Waals surface area contributed by atoms with Crippen molar-refractivity contribution in [3.8, 4) is 5.75 Å². The number of nitrogens with one attached hydrogen (secondary N) is 3. The summed E-state index contributed by atoms with van der Waals surface area (Å²) in [4.78, 5) is 15.8. The van der Waals surface area contributed by atoms with Crippen LogP contribution in [0.15, 0.2) is 35.3 Å². The molecule has 0 unspecified atom stereocenters. The Bertz CT molecular complexity index is 501. The van der Waals surface area contributed by atoms with Crippen molar-refractivity contribution in [1.29, 1.82) is 0 Å². The number of hydrogen-bond donors (Lipinski definition) is 3. The first-order valence-electron chi connectivity index (χ1n) is 7.84. The highest BCUT2D eigenvalue weighted by atomic mass is 127. The van der Waals surface area contributed by atoms with Crippen molar-refractivity contribution in [3.63, 3.8) is 0 Å². The number of amides is 1. The van der Waals surface area contributed by atoms with E-state index in [0.717, 1.165) is 12.2 Å². The minimum Gasteiger partial charge on any atom is -0.494 e. The van der Waals surface area contributed by atoms with Crippen molar-refractivity contribution in [1.82, 2.24) is 16.0 Å². The maximum atomic E-state index is 11.7. The first-order valence-corrected chi connectivity index (χ1v) is 7.84. The fraction of sp³-hybridized carbons (Fsp3) is 0.529. The maximum Gasteiger partial charge on any atom is 0.239 e. The Balaban J connectivity index is 0.00000529. The summed E-state index contributed by atoms with van der Waals surface area (Å²) in [5, 5.41) is 9.03. The second kappa shape index (κ2) is 11.9. The summed E-state index contributed by atoms with van der Waals surface area (Å²) in [6.45, 7) is 7.38. The van der Waals surface area contributed by atoms with E-state index in [0.29, 0.717) is 19.1 Å². The first-order chi connectivity index (χ1) is 10.9. The van der Waals surface area contributed by atoms with Gasteiger partial charge in [0.25, 0.3) is 0 Å². The Hall–Kier alpha value is -1.51. The van der Waals surface area contributed by atoms with E-state index in [2.05, 4.69) is 20.9 Å². The molecule has 0 spiro atoms. The number of para-hydroxylation sites is 1. The van der Waals surface area contributed by atoms with Crippen LogP contribution >= 0.6 is 24.0 Å². The Morgan fingerprint density at radius 3 is 2.42 bits per heavy atom. The minimum atomic E-state index is -0.232. The van der Waals surface area contributed by atoms with E-state index in [4.69, 9.17) is 4.74 Å². The molecule has 136 valence electrons. The zero-order valence-electron chi connectivity index (χ0n) is 14.9. The molecule has 0 aliphatic heterocycles. The number of aliphatic imine (C=N–C) groups is 1. The predicted molar refractivity (Wildman–Crippen MR) is 109 cm³/mol. The van der Waals surface area contributed by atoms with Gasteiger partial charge in [0.1, 0.15) is 5.75 Å². The van der Waals surface area contributed by atoms with Crippen LogP contribution in [0.1, 0.15) is 27.2 Å². The van der Waals surface area contributed by atoms with E-state index in [9.17, 15) is 4.79 Å². The molecule has 1 aromatic carbocycles. The number of carbonyl (C=O) groups excluding carboxylic acids is 1. The number of guanidine groups is 1. The molecule has 0 fully saturated rings. The number of rotatable bonds is 7. The summed E-state index contributed by atoms with van der Waals surface area (Å²) in [5.74, 6) is 1.41. The minimum absolute atomic E-state index is 0. The van der Waals surface area contributed by atoms with Gasteiger partial charge in [0.15, 0.2) is 5.96 Å². The fourth-order valence-electron chi connectivity index (χ4n) is 1.83. The molecule has 1 amide bonds. The normalized spacial score (nSPS) is 11.2. The van der Waals surface area contributed by atoms with Crippen LogP contribution in [0.2, 0.25) is 0 Å². The highest BCUT2D eigenvalue weighted by Crippen LogP contribution is 2.07. The zero-order chi connectivity index (χ0) is 17.1. The van der Waals surface area contributed by atoms with Gasteiger partial charge in [0.2, 0.25) is 5.91 Å². The molecular formula is C17H29IN4O2. The van der Waals surface area contributed by atoms with Crippen LogP contribution in [0.25, 0.3) is 0 Å². The second-order valence-electron chi connectivity index (χ2n) is 6.17. The predicted octanol–water partition coefficient (Wildman–Crippen LogP) is 2.15. The third-order valence-electron chi connectivity index (χ3n) is 2.78. The van der Waals surface area contributed by atoms with E-state index >= 15 is 0 Å². The molecule has 7 heteroatoms. The summed E-state index contributed by atoms with van der Waals surface area (Å²) >= 11 is 0. The molecule has 0 atom stereocenters. The van der Waals surface area contributed by atoms with Gasteiger partial charge >= 0.3 is 0 Å². The summed E-state index contributed by atoms with van der Waals surface area (Å²) < 4.78 is 5.61. The maximum absolute atomic E-state index is 11.7. The summed E-state index contributed by atoms with van der Waals surface area (Å²) in [7, 11) is 1.68. The van der Waals surface area contributed by atoms with Crippen LogP contribution in [-0.4, -0.2) is 44.1 Å². The van der Waals surface area contributed by atoms with E-state index in [1.54, 1.807) is 7.05 Å². The Morgan fingerprint density at radius 1 is 1.17 bits per heavy atom. The van der Waals surface area contributed by atoms with Crippen LogP contribution in [0, 0.1) is 0 Å². The standard InChI is InChI=1S/C17H28N4O2.HI/c1-17(2,3)21-15(22)13-20-16(18-4)19-11-8-12-23-14-9-6-5-7-10-14;/h5-7,9-10H,8,11-13H2,1-4H3,(H,21,22)(H2,18,19,20);1H. The number of ether oxygens (including phenoxy) is 1. The van der Waals surface area contributed by atoms with Gasteiger partial charge in [-0.2, -0.15) is 0 Å². The highest BCUT2D eigenvalue weighted by molar-refractivity contribution is 14.0. The summed E-state index contributed by atoms with van der Waals surface area (Å²) in [6, 6.07) is 9.72. The lowest BCUT2D eigenvalue weighted by Crippen LogP contribution is -2.48. The number of carbonyl (C=O) groups is 1. The van der Waals surface area contributed by atoms with Crippen LogP contribution in [0.3, 0.4) is 0 Å². The highest BCUT2D eigenvalue weighted by Gasteiger charge is 2.13. The van der Waals surface area contributed by atoms with Crippen molar-refractivity contribution < 1.29 is 9.53 Å². The largest absolute Gasteiger partial charge is 0.494 e. The van der Waals surface area contributed by atoms with Crippen LogP contribution in [0.4, 0.5) is 0 Å². The molecule has 1 rings (SSSR count). The molecular weight excluding hydrogens is 419 g/mol. The van der Waals surface area contributed by atoms with Gasteiger partial charge in [0.05, 0.1) is 13.2 Å². The molecule has 0 aliphatic carbocycles. The lowest BCUT2D eigenvalue weighted by atomic mass is 10.1. The molecule has 0 aliphatic rings. The molecule has 0 heterocycles. The first kappa shape index (κ1) is 22.5. The average Bonchev–Trinajstić information content (AvgIpc) is 2.49. The Kier molecular flexibility index (Phi) is 11.2. The van der Waals surface area contributed by atoms with Gasteiger partial charge in [-0.15, -0.1) is 24.0 Å². The van der Waals surface area contributed by atoms with Gasteiger partial charge in [0, 0.05) is 19.1 Å². The third-order valence-corrected chi connectivity index (χ3v) is 2.78. The van der Waals surface area contributed by atoms with Crippen molar-refractivity contribution >= 4 is 35.8 Å². The van der Waals surface area contributed by atoms with Crippen LogP contribution in [-0.2, 0) is 4.79 Å². The molecule has 0 radical (unpaired) electrons. The van der Waals surface area contributed by atoms with Gasteiger partial charge in [-0.25, -0.2) is 0 Å². The average molecular weight is 448 g/mol. The monoisotopic (exact) mass is 448 g/mol. The Morgan fingerprint density at radius 2 is 1.83 bits per heavy atom. The topological polar surface area (TPSA) is 74.8 Å². The van der Waals surface area contributed by atoms with Gasteiger partial charge in [-0.05, 0) is 39.3 Å². The van der Waals surface area contributed by atoms with Crippen molar-refractivity contribution in [2.24, 2.45) is 4.99 Å². The quantitative estimate of drug-likeness (QED) is 0.259. The van der Waals surface area contributed by atoms with Crippen molar-refractivity contribution in [2.75, 3.05) is 26.7 Å². The Labute approximate surface area is 161 Å². The van der Waals surface area contributed by atoms with Gasteiger partial charge in [-0.3, -0.25) is 9.79 Å². The summed E-state index contributed by atoms with van der Waals surface area (Å²) in [5.41, 5.74) is -0.232. The van der Waals surface area contributed by atoms with E-state index < -0.39 is 0 Å². The van der Waals surface area contributed by atoms with Crippen molar-refractivity contribution in [3.05, 3.63) is 30.3 Å². The number of benzene rings is 1. The molecule has 0 saturated heterocycles. The molecule has 6 nitrogen and oxygen atoms in total.